The second-order valence-electron chi connectivity index (χ2n) is 7.12. The highest BCUT2D eigenvalue weighted by Crippen LogP contribution is 2.33. The molecule has 0 fully saturated rings. The van der Waals surface area contributed by atoms with Gasteiger partial charge in [0.05, 0.1) is 25.5 Å². The van der Waals surface area contributed by atoms with E-state index in [0.29, 0.717) is 29.3 Å². The normalized spacial score (nSPS) is 10.7. The second-order valence-corrected chi connectivity index (χ2v) is 7.12. The summed E-state index contributed by atoms with van der Waals surface area (Å²) in [6.07, 6.45) is 6.17. The fraction of sp³-hybridized carbons (Fsp3) is 0.208. The van der Waals surface area contributed by atoms with Crippen molar-refractivity contribution < 1.29 is 14.3 Å². The number of benzene rings is 2. The minimum absolute atomic E-state index is 0.183. The first-order valence-electron chi connectivity index (χ1n) is 10.3. The van der Waals surface area contributed by atoms with Crippen LogP contribution in [0.3, 0.4) is 0 Å². The highest BCUT2D eigenvalue weighted by Gasteiger charge is 2.20. The van der Waals surface area contributed by atoms with Gasteiger partial charge in [0.1, 0.15) is 5.69 Å². The lowest BCUT2D eigenvalue weighted by molar-refractivity contribution is 0.0953. The molecule has 2 aromatic carbocycles. The van der Waals surface area contributed by atoms with Crippen LogP contribution in [0, 0.1) is 0 Å². The monoisotopic (exact) mass is 431 g/mol. The molecule has 0 aliphatic heterocycles. The fourth-order valence-electron chi connectivity index (χ4n) is 3.42. The maximum absolute atomic E-state index is 13.1. The Labute approximate surface area is 186 Å². The van der Waals surface area contributed by atoms with Gasteiger partial charge in [-0.05, 0) is 42.8 Å². The van der Waals surface area contributed by atoms with Crippen LogP contribution in [-0.4, -0.2) is 46.2 Å². The zero-order chi connectivity index (χ0) is 22.3. The van der Waals surface area contributed by atoms with Gasteiger partial charge in [-0.25, -0.2) is 4.68 Å². The van der Waals surface area contributed by atoms with E-state index < -0.39 is 0 Å². The van der Waals surface area contributed by atoms with Gasteiger partial charge in [0.15, 0.2) is 11.5 Å². The quantitative estimate of drug-likeness (QED) is 0.410. The van der Waals surface area contributed by atoms with Crippen molar-refractivity contribution in [2.75, 3.05) is 20.8 Å². The van der Waals surface area contributed by atoms with E-state index >= 15 is 0 Å². The Balaban J connectivity index is 1.61. The van der Waals surface area contributed by atoms with Gasteiger partial charge in [0.2, 0.25) is 0 Å². The lowest BCUT2D eigenvalue weighted by Gasteiger charge is -2.10. The summed E-state index contributed by atoms with van der Waals surface area (Å²) in [6.45, 7) is 1.26. The summed E-state index contributed by atoms with van der Waals surface area (Å²) >= 11 is 0. The van der Waals surface area contributed by atoms with Gasteiger partial charge in [0.25, 0.3) is 5.91 Å². The first-order chi connectivity index (χ1) is 15.7. The van der Waals surface area contributed by atoms with Crippen molar-refractivity contribution in [2.45, 2.75) is 13.0 Å². The van der Waals surface area contributed by atoms with Crippen LogP contribution in [0.4, 0.5) is 0 Å². The molecule has 0 aliphatic rings. The number of amides is 1. The van der Waals surface area contributed by atoms with E-state index in [1.54, 1.807) is 31.3 Å². The summed E-state index contributed by atoms with van der Waals surface area (Å²) in [4.78, 5) is 13.1. The minimum atomic E-state index is -0.183. The fourth-order valence-corrected chi connectivity index (χ4v) is 3.42. The van der Waals surface area contributed by atoms with Gasteiger partial charge >= 0.3 is 0 Å². The number of para-hydroxylation sites is 1. The summed E-state index contributed by atoms with van der Waals surface area (Å²) in [5.41, 5.74) is 2.69. The maximum Gasteiger partial charge on any atom is 0.255 e. The van der Waals surface area contributed by atoms with E-state index in [0.717, 1.165) is 24.2 Å². The lowest BCUT2D eigenvalue weighted by atomic mass is 10.1. The summed E-state index contributed by atoms with van der Waals surface area (Å²) in [5, 5.41) is 11.9. The van der Waals surface area contributed by atoms with Gasteiger partial charge in [0, 0.05) is 37.2 Å². The molecular formula is C24H25N5O3. The van der Waals surface area contributed by atoms with Crippen LogP contribution in [-0.2, 0) is 6.54 Å². The number of carbonyl (C=O) groups is 1. The van der Waals surface area contributed by atoms with E-state index in [4.69, 9.17) is 14.6 Å². The van der Waals surface area contributed by atoms with Crippen molar-refractivity contribution in [2.24, 2.45) is 0 Å². The number of hydrogen-bond donors (Lipinski definition) is 1. The van der Waals surface area contributed by atoms with E-state index in [9.17, 15) is 4.79 Å². The molecule has 0 radical (unpaired) electrons. The van der Waals surface area contributed by atoms with Crippen LogP contribution in [0.5, 0.6) is 11.5 Å². The van der Waals surface area contributed by atoms with Crippen LogP contribution >= 0.6 is 0 Å². The van der Waals surface area contributed by atoms with E-state index in [-0.39, 0.29) is 5.91 Å². The number of aromatic nitrogens is 4. The molecule has 32 heavy (non-hydrogen) atoms. The Bertz CT molecular complexity index is 1170. The standard InChI is InChI=1S/C24H25N5O3/c1-31-21-11-10-18(16-22(21)32-2)23-20(17-29(27-23)19-8-4-3-5-9-19)24(30)25-12-6-14-28-15-7-13-26-28/h3-5,7-11,13,15-17H,6,12,14H2,1-2H3,(H,25,30). The number of aryl methyl sites for hydroxylation is 1. The molecule has 0 atom stereocenters. The first-order valence-corrected chi connectivity index (χ1v) is 10.3. The average molecular weight is 431 g/mol. The molecule has 0 bridgehead atoms. The number of methoxy groups -OCH3 is 2. The van der Waals surface area contributed by atoms with E-state index in [1.807, 2.05) is 65.5 Å². The van der Waals surface area contributed by atoms with Crippen LogP contribution in [0.2, 0.25) is 0 Å². The van der Waals surface area contributed by atoms with Gasteiger partial charge in [-0.2, -0.15) is 10.2 Å². The molecule has 8 nitrogen and oxygen atoms in total. The molecule has 8 heteroatoms. The third kappa shape index (κ3) is 4.64. The van der Waals surface area contributed by atoms with Crippen LogP contribution in [0.25, 0.3) is 16.9 Å². The second kappa shape index (κ2) is 9.82. The van der Waals surface area contributed by atoms with E-state index in [2.05, 4.69) is 10.4 Å². The molecule has 0 saturated carbocycles. The van der Waals surface area contributed by atoms with Gasteiger partial charge in [-0.15, -0.1) is 0 Å². The average Bonchev–Trinajstić information content (AvgIpc) is 3.52. The van der Waals surface area contributed by atoms with Crippen molar-refractivity contribution in [1.82, 2.24) is 24.9 Å². The molecule has 2 aromatic heterocycles. The molecule has 0 aliphatic carbocycles. The number of nitrogens with zero attached hydrogens (tertiary/aromatic N) is 4. The predicted molar refractivity (Wildman–Crippen MR) is 121 cm³/mol. The van der Waals surface area contributed by atoms with Crippen LogP contribution in [0.15, 0.2) is 73.2 Å². The van der Waals surface area contributed by atoms with Crippen molar-refractivity contribution in [3.63, 3.8) is 0 Å². The number of ether oxygens (including phenoxy) is 2. The largest absolute Gasteiger partial charge is 0.493 e. The van der Waals surface area contributed by atoms with Gasteiger partial charge in [-0.1, -0.05) is 18.2 Å². The smallest absolute Gasteiger partial charge is 0.255 e. The van der Waals surface area contributed by atoms with Crippen LogP contribution < -0.4 is 14.8 Å². The number of carbonyl (C=O) groups excluding carboxylic acids is 1. The van der Waals surface area contributed by atoms with Crippen LogP contribution in [0.1, 0.15) is 16.8 Å². The molecule has 164 valence electrons. The van der Waals surface area contributed by atoms with Gasteiger partial charge < -0.3 is 14.8 Å². The lowest BCUT2D eigenvalue weighted by Crippen LogP contribution is -2.25. The number of nitrogens with one attached hydrogen (secondary N) is 1. The van der Waals surface area contributed by atoms with Crippen molar-refractivity contribution in [3.8, 4) is 28.4 Å². The first kappa shape index (κ1) is 21.2. The van der Waals surface area contributed by atoms with Crippen molar-refractivity contribution in [3.05, 3.63) is 78.8 Å². The molecule has 4 rings (SSSR count). The summed E-state index contributed by atoms with van der Waals surface area (Å²) < 4.78 is 14.3. The Morgan fingerprint density at radius 3 is 2.56 bits per heavy atom. The Kier molecular flexibility index (Phi) is 6.50. The number of hydrogen-bond acceptors (Lipinski definition) is 5. The van der Waals surface area contributed by atoms with E-state index in [1.165, 1.54) is 0 Å². The minimum Gasteiger partial charge on any atom is -0.493 e. The zero-order valence-corrected chi connectivity index (χ0v) is 18.1. The molecule has 0 saturated heterocycles. The molecule has 2 heterocycles. The molecule has 0 unspecified atom stereocenters. The third-order valence-corrected chi connectivity index (χ3v) is 5.05. The predicted octanol–water partition coefficient (Wildman–Crippen LogP) is 3.57. The summed E-state index contributed by atoms with van der Waals surface area (Å²) in [5.74, 6) is 1.01. The number of rotatable bonds is 9. The Morgan fingerprint density at radius 1 is 1.03 bits per heavy atom. The van der Waals surface area contributed by atoms with Crippen molar-refractivity contribution >= 4 is 5.91 Å². The highest BCUT2D eigenvalue weighted by atomic mass is 16.5. The maximum atomic E-state index is 13.1. The molecular weight excluding hydrogens is 406 g/mol. The summed E-state index contributed by atoms with van der Waals surface area (Å²) in [6, 6.07) is 17.1. The molecule has 4 aromatic rings. The summed E-state index contributed by atoms with van der Waals surface area (Å²) in [7, 11) is 3.17. The third-order valence-electron chi connectivity index (χ3n) is 5.05. The Morgan fingerprint density at radius 2 is 1.84 bits per heavy atom. The Hall–Kier alpha value is -4.07. The van der Waals surface area contributed by atoms with Crippen molar-refractivity contribution in [1.29, 1.82) is 0 Å². The zero-order valence-electron chi connectivity index (χ0n) is 18.1. The molecule has 0 spiro atoms. The highest BCUT2D eigenvalue weighted by molar-refractivity contribution is 6.00. The topological polar surface area (TPSA) is 83.2 Å². The van der Waals surface area contributed by atoms with Gasteiger partial charge in [-0.3, -0.25) is 9.48 Å². The molecule has 1 N–H and O–H groups in total. The molecule has 1 amide bonds. The SMILES string of the molecule is COc1ccc(-c2nn(-c3ccccc3)cc2C(=O)NCCCn2cccn2)cc1OC.